The van der Waals surface area contributed by atoms with E-state index in [1.54, 1.807) is 12.1 Å². The van der Waals surface area contributed by atoms with Crippen molar-refractivity contribution in [3.63, 3.8) is 0 Å². The highest BCUT2D eigenvalue weighted by Crippen LogP contribution is 2.40. The van der Waals surface area contributed by atoms with Crippen LogP contribution in [0.1, 0.15) is 69.3 Å². The van der Waals surface area contributed by atoms with Crippen LogP contribution in [-0.4, -0.2) is 110 Å². The third-order valence-corrected chi connectivity index (χ3v) is 9.62. The minimum atomic E-state index is -0.424. The number of anilines is 1. The van der Waals surface area contributed by atoms with E-state index in [-0.39, 0.29) is 17.3 Å². The fourth-order valence-electron chi connectivity index (χ4n) is 7.17. The molecule has 2 aromatic rings. The number of hydrogen-bond donors (Lipinski definition) is 2. The third kappa shape index (κ3) is 7.61. The zero-order valence-electron chi connectivity index (χ0n) is 27.6. The van der Waals surface area contributed by atoms with Crippen molar-refractivity contribution in [1.82, 2.24) is 20.0 Å². The molecule has 2 fully saturated rings. The number of aromatic hydroxyl groups is 1. The van der Waals surface area contributed by atoms with Gasteiger partial charge in [0.15, 0.2) is 6.29 Å². The van der Waals surface area contributed by atoms with E-state index in [2.05, 4.69) is 65.7 Å². The first-order chi connectivity index (χ1) is 21.1. The van der Waals surface area contributed by atoms with Crippen molar-refractivity contribution >= 4 is 23.5 Å². The largest absolute Gasteiger partial charge is 0.508 e. The van der Waals surface area contributed by atoms with Crippen molar-refractivity contribution in [3.05, 3.63) is 53.6 Å². The lowest BCUT2D eigenvalue weighted by molar-refractivity contribution is 0.0800. The Morgan fingerprint density at radius 3 is 2.43 bits per heavy atom. The molecule has 0 saturated carbocycles. The zero-order valence-corrected chi connectivity index (χ0v) is 27.6. The van der Waals surface area contributed by atoms with Crippen LogP contribution in [0.15, 0.2) is 47.5 Å². The number of likely N-dealkylation sites (N-methyl/N-ethyl adjacent to an activating group) is 1. The number of alkyl halides is 1. The maximum Gasteiger partial charge on any atom is 0.152 e. The predicted octanol–water partition coefficient (Wildman–Crippen LogP) is 5.43. The second-order valence-electron chi connectivity index (χ2n) is 12.8. The van der Waals surface area contributed by atoms with E-state index in [0.29, 0.717) is 29.9 Å². The molecule has 0 radical (unpaired) electrons. The smallest absolute Gasteiger partial charge is 0.152 e. The highest BCUT2D eigenvalue weighted by Gasteiger charge is 2.40. The van der Waals surface area contributed by atoms with Crippen molar-refractivity contribution in [3.8, 4) is 5.75 Å². The first kappa shape index (κ1) is 33.9. The number of rotatable bonds is 12. The van der Waals surface area contributed by atoms with Gasteiger partial charge in [-0.05, 0) is 83.0 Å². The summed E-state index contributed by atoms with van der Waals surface area (Å²) in [6.45, 7) is 13.0. The number of piperidine rings is 1. The molecule has 3 unspecified atom stereocenters. The van der Waals surface area contributed by atoms with Gasteiger partial charge in [0.05, 0.1) is 11.7 Å². The molecule has 0 amide bonds. The van der Waals surface area contributed by atoms with Crippen molar-refractivity contribution in [2.24, 2.45) is 4.99 Å². The normalized spacial score (nSPS) is 21.8. The molecule has 2 N–H and O–H groups in total. The summed E-state index contributed by atoms with van der Waals surface area (Å²) in [4.78, 5) is 26.8. The molecule has 8 nitrogen and oxygen atoms in total. The van der Waals surface area contributed by atoms with Crippen LogP contribution < -0.4 is 10.2 Å². The van der Waals surface area contributed by atoms with Crippen molar-refractivity contribution < 1.29 is 14.3 Å². The van der Waals surface area contributed by atoms with Gasteiger partial charge in [0, 0.05) is 75.2 Å². The Morgan fingerprint density at radius 1 is 1.14 bits per heavy atom. The molecular weight excluding hydrogens is 555 g/mol. The van der Waals surface area contributed by atoms with Gasteiger partial charge >= 0.3 is 0 Å². The standard InChI is InChI=1S/C35H53FN6O2/c1-7-10-33(42-23-26(3)37-27(4)24-42)34(39(5)8-2)38-32-14-13-30(21-28(32)25-43)41-18-15-35(16-19-41,40(6)20-17-36)29-11-9-12-31(44)22-29/h9,11-14,21-22,25-27,33,37,44H,7-8,10,15-20,23-24H2,1-6H3. The summed E-state index contributed by atoms with van der Waals surface area (Å²) in [5, 5.41) is 13.8. The van der Waals surface area contributed by atoms with Crippen LogP contribution in [0.3, 0.4) is 0 Å². The Hall–Kier alpha value is -3.01. The fourth-order valence-corrected chi connectivity index (χ4v) is 7.17. The first-order valence-corrected chi connectivity index (χ1v) is 16.4. The molecule has 9 heteroatoms. The first-order valence-electron chi connectivity index (χ1n) is 16.4. The number of phenolic OH excluding ortho intramolecular Hbond substituents is 1. The van der Waals surface area contributed by atoms with E-state index >= 15 is 0 Å². The van der Waals surface area contributed by atoms with Gasteiger partial charge in [-0.2, -0.15) is 0 Å². The van der Waals surface area contributed by atoms with Crippen molar-refractivity contribution in [1.29, 1.82) is 0 Å². The molecule has 44 heavy (non-hydrogen) atoms. The number of aliphatic imine (C=N–C) groups is 1. The molecule has 242 valence electrons. The average molecular weight is 609 g/mol. The average Bonchev–Trinajstić information content (AvgIpc) is 3.02. The highest BCUT2D eigenvalue weighted by molar-refractivity contribution is 5.93. The number of amidine groups is 1. The Balaban J connectivity index is 1.61. The van der Waals surface area contributed by atoms with E-state index in [4.69, 9.17) is 4.99 Å². The van der Waals surface area contributed by atoms with Gasteiger partial charge in [0.25, 0.3) is 0 Å². The van der Waals surface area contributed by atoms with Crippen molar-refractivity contribution in [2.45, 2.75) is 77.0 Å². The van der Waals surface area contributed by atoms with Gasteiger partial charge in [-0.3, -0.25) is 14.6 Å². The summed E-state index contributed by atoms with van der Waals surface area (Å²) in [5.41, 5.74) is 2.91. The Kier molecular flexibility index (Phi) is 11.8. The number of piperazine rings is 1. The lowest BCUT2D eigenvalue weighted by atomic mass is 9.79. The third-order valence-electron chi connectivity index (χ3n) is 9.62. The molecular formula is C35H53FN6O2. The molecule has 0 spiro atoms. The summed E-state index contributed by atoms with van der Waals surface area (Å²) in [7, 11) is 4.06. The SMILES string of the molecule is CCCC(C(=Nc1ccc(N2CCC(c3cccc(O)c3)(N(C)CCF)CC2)cc1C=O)N(C)CC)N1CC(C)NC(C)C1. The van der Waals surface area contributed by atoms with Gasteiger partial charge in [0.1, 0.15) is 18.3 Å². The van der Waals surface area contributed by atoms with E-state index in [1.807, 2.05) is 31.3 Å². The summed E-state index contributed by atoms with van der Waals surface area (Å²) >= 11 is 0. The van der Waals surface area contributed by atoms with Crippen LogP contribution in [0.2, 0.25) is 0 Å². The number of hydrogen-bond acceptors (Lipinski definition) is 7. The molecule has 0 bridgehead atoms. The van der Waals surface area contributed by atoms with Gasteiger partial charge in [-0.25, -0.2) is 9.38 Å². The lowest BCUT2D eigenvalue weighted by Gasteiger charge is -2.48. The van der Waals surface area contributed by atoms with Crippen LogP contribution in [0.4, 0.5) is 15.8 Å². The summed E-state index contributed by atoms with van der Waals surface area (Å²) in [5.74, 6) is 1.23. The fraction of sp³-hybridized carbons (Fsp3) is 0.600. The van der Waals surface area contributed by atoms with E-state index < -0.39 is 6.67 Å². The molecule has 2 saturated heterocycles. The van der Waals surface area contributed by atoms with Crippen LogP contribution >= 0.6 is 0 Å². The zero-order chi connectivity index (χ0) is 31.9. The number of benzene rings is 2. The molecule has 2 aliphatic heterocycles. The van der Waals surface area contributed by atoms with Crippen LogP contribution in [0.25, 0.3) is 0 Å². The molecule has 0 aromatic heterocycles. The maximum absolute atomic E-state index is 13.5. The van der Waals surface area contributed by atoms with E-state index in [0.717, 1.165) is 81.8 Å². The Bertz CT molecular complexity index is 1250. The van der Waals surface area contributed by atoms with Crippen LogP contribution in [0, 0.1) is 0 Å². The van der Waals surface area contributed by atoms with Gasteiger partial charge in [-0.15, -0.1) is 0 Å². The quantitative estimate of drug-likeness (QED) is 0.189. The number of nitrogens with zero attached hydrogens (tertiary/aromatic N) is 5. The summed E-state index contributed by atoms with van der Waals surface area (Å²) in [6.07, 6.45) is 4.52. The Labute approximate surface area is 263 Å². The van der Waals surface area contributed by atoms with Gasteiger partial charge < -0.3 is 20.2 Å². The number of carbonyl (C=O) groups is 1. The maximum atomic E-state index is 13.5. The van der Waals surface area contributed by atoms with Crippen molar-refractivity contribution in [2.75, 3.05) is 64.9 Å². The predicted molar refractivity (Wildman–Crippen MR) is 179 cm³/mol. The molecule has 3 atom stereocenters. The van der Waals surface area contributed by atoms with Crippen LogP contribution in [-0.2, 0) is 5.54 Å². The number of carbonyl (C=O) groups excluding carboxylic acids is 1. The second-order valence-corrected chi connectivity index (χ2v) is 12.8. The minimum absolute atomic E-state index is 0.171. The summed E-state index contributed by atoms with van der Waals surface area (Å²) in [6, 6.07) is 14.4. The minimum Gasteiger partial charge on any atom is -0.508 e. The number of aldehydes is 1. The molecule has 0 aliphatic carbocycles. The van der Waals surface area contributed by atoms with Gasteiger partial charge in [-0.1, -0.05) is 25.5 Å². The topological polar surface area (TPSA) is 74.7 Å². The molecule has 4 rings (SSSR count). The van der Waals surface area contributed by atoms with Gasteiger partial charge in [0.2, 0.25) is 0 Å². The van der Waals surface area contributed by atoms with E-state index in [1.165, 1.54) is 0 Å². The van der Waals surface area contributed by atoms with E-state index in [9.17, 15) is 14.3 Å². The van der Waals surface area contributed by atoms with Crippen LogP contribution in [0.5, 0.6) is 5.75 Å². The highest BCUT2D eigenvalue weighted by atomic mass is 19.1. The number of nitrogens with one attached hydrogen (secondary N) is 1. The summed E-state index contributed by atoms with van der Waals surface area (Å²) < 4.78 is 13.5. The Morgan fingerprint density at radius 2 is 1.84 bits per heavy atom. The molecule has 2 aromatic carbocycles. The number of phenols is 1. The molecule has 2 aliphatic rings. The lowest BCUT2D eigenvalue weighted by Crippen LogP contribution is -2.60. The second kappa shape index (κ2) is 15.3. The monoisotopic (exact) mass is 608 g/mol. The number of halogens is 1. The molecule has 2 heterocycles.